The molecular formula is C8H10F2. The van der Waals surface area contributed by atoms with Gasteiger partial charge >= 0.3 is 0 Å². The van der Waals surface area contributed by atoms with Crippen molar-refractivity contribution >= 4 is 0 Å². The van der Waals surface area contributed by atoms with Crippen molar-refractivity contribution in [1.29, 1.82) is 0 Å². The molecule has 0 nitrogen and oxygen atoms in total. The lowest BCUT2D eigenvalue weighted by Crippen LogP contribution is -1.89. The van der Waals surface area contributed by atoms with E-state index in [1.165, 1.54) is 12.2 Å². The predicted octanol–water partition coefficient (Wildman–Crippen LogP) is 2.94. The van der Waals surface area contributed by atoms with Gasteiger partial charge in [0.2, 0.25) is 0 Å². The Morgan fingerprint density at radius 1 is 1.40 bits per heavy atom. The number of allylic oxidation sites excluding steroid dienone is 5. The van der Waals surface area contributed by atoms with E-state index in [2.05, 4.69) is 6.58 Å². The summed E-state index contributed by atoms with van der Waals surface area (Å²) < 4.78 is 23.4. The molecule has 0 aromatic heterocycles. The molecule has 0 aromatic carbocycles. The van der Waals surface area contributed by atoms with Crippen LogP contribution in [0.25, 0.3) is 0 Å². The summed E-state index contributed by atoms with van der Waals surface area (Å²) in [4.78, 5) is 0. The van der Waals surface area contributed by atoms with Gasteiger partial charge in [-0.2, -0.15) is 0 Å². The monoisotopic (exact) mass is 144 g/mol. The molecule has 0 unspecified atom stereocenters. The number of alkyl halides is 2. The van der Waals surface area contributed by atoms with Gasteiger partial charge in [0.1, 0.15) is 0 Å². The third-order valence-electron chi connectivity index (χ3n) is 0.894. The number of halogens is 2. The molecule has 0 amide bonds. The normalized spacial score (nSPS) is 12.0. The molecule has 56 valence electrons. The first kappa shape index (κ1) is 9.08. The summed E-state index contributed by atoms with van der Waals surface area (Å²) in [6.07, 6.45) is 3.82. The molecule has 0 fully saturated rings. The van der Waals surface area contributed by atoms with Crippen LogP contribution in [0.4, 0.5) is 8.78 Å². The van der Waals surface area contributed by atoms with Crippen molar-refractivity contribution in [2.75, 3.05) is 0 Å². The van der Waals surface area contributed by atoms with Crippen LogP contribution in [0.5, 0.6) is 0 Å². The summed E-state index contributed by atoms with van der Waals surface area (Å²) in [6, 6.07) is 0. The van der Waals surface area contributed by atoms with Crippen LogP contribution < -0.4 is 0 Å². The van der Waals surface area contributed by atoms with Gasteiger partial charge in [0.25, 0.3) is 6.43 Å². The summed E-state index contributed by atoms with van der Waals surface area (Å²) >= 11 is 0. The summed E-state index contributed by atoms with van der Waals surface area (Å²) in [6.45, 7) is 4.97. The molecule has 0 aliphatic carbocycles. The van der Waals surface area contributed by atoms with Crippen LogP contribution in [0.15, 0.2) is 36.5 Å². The minimum Gasteiger partial charge on any atom is -0.205 e. The van der Waals surface area contributed by atoms with Crippen molar-refractivity contribution in [3.05, 3.63) is 36.5 Å². The van der Waals surface area contributed by atoms with Crippen LogP contribution in [0.3, 0.4) is 0 Å². The van der Waals surface area contributed by atoms with Crippen molar-refractivity contribution in [3.8, 4) is 0 Å². The highest BCUT2D eigenvalue weighted by Gasteiger charge is 2.01. The topological polar surface area (TPSA) is 0 Å². The first-order valence-corrected chi connectivity index (χ1v) is 2.94. The number of hydrogen-bond acceptors (Lipinski definition) is 0. The highest BCUT2D eigenvalue weighted by Crippen LogP contribution is 2.06. The molecule has 0 atom stereocenters. The standard InChI is InChI=1S/C8H10F2/c1-3-4-5-6-7(2)8(9)10/h3-6,8H,2H2,1H3/b4-3-,6-5-. The largest absolute Gasteiger partial charge is 0.263 e. The second-order valence-corrected chi connectivity index (χ2v) is 1.76. The second kappa shape index (κ2) is 4.91. The molecule has 0 spiro atoms. The van der Waals surface area contributed by atoms with Gasteiger partial charge in [0.15, 0.2) is 0 Å². The van der Waals surface area contributed by atoms with E-state index in [0.717, 1.165) is 0 Å². The maximum Gasteiger partial charge on any atom is 0.263 e. The second-order valence-electron chi connectivity index (χ2n) is 1.76. The lowest BCUT2D eigenvalue weighted by atomic mass is 10.3. The van der Waals surface area contributed by atoms with Crippen LogP contribution in [0.2, 0.25) is 0 Å². The van der Waals surface area contributed by atoms with E-state index in [9.17, 15) is 8.78 Å². The molecule has 0 aromatic rings. The Morgan fingerprint density at radius 2 is 2.00 bits per heavy atom. The molecule has 0 saturated carbocycles. The molecule has 10 heavy (non-hydrogen) atoms. The molecule has 0 radical (unpaired) electrons. The average molecular weight is 144 g/mol. The molecule has 0 saturated heterocycles. The van der Waals surface area contributed by atoms with Crippen molar-refractivity contribution in [2.45, 2.75) is 13.3 Å². The van der Waals surface area contributed by atoms with Gasteiger partial charge < -0.3 is 0 Å². The summed E-state index contributed by atoms with van der Waals surface area (Å²) in [5.74, 6) is 0. The SMILES string of the molecule is C=C(/C=C\C=C/C)C(F)F. The van der Waals surface area contributed by atoms with Crippen LogP contribution >= 0.6 is 0 Å². The minimum absolute atomic E-state index is 0.155. The van der Waals surface area contributed by atoms with Crippen molar-refractivity contribution in [3.63, 3.8) is 0 Å². The Balaban J connectivity index is 3.78. The molecule has 0 bridgehead atoms. The fourth-order valence-corrected chi connectivity index (χ4v) is 0.363. The maximum atomic E-state index is 11.7. The van der Waals surface area contributed by atoms with E-state index in [1.54, 1.807) is 12.2 Å². The highest BCUT2D eigenvalue weighted by atomic mass is 19.3. The third kappa shape index (κ3) is 4.01. The molecule has 0 aliphatic heterocycles. The first-order valence-electron chi connectivity index (χ1n) is 2.94. The van der Waals surface area contributed by atoms with Crippen molar-refractivity contribution in [1.82, 2.24) is 0 Å². The molecule has 0 N–H and O–H groups in total. The van der Waals surface area contributed by atoms with Crippen LogP contribution in [0.1, 0.15) is 6.92 Å². The van der Waals surface area contributed by atoms with Gasteiger partial charge in [-0.05, 0) is 6.92 Å². The molecule has 2 heteroatoms. The van der Waals surface area contributed by atoms with Gasteiger partial charge in [0, 0.05) is 5.57 Å². The number of rotatable bonds is 3. The highest BCUT2D eigenvalue weighted by molar-refractivity contribution is 5.20. The number of hydrogen-bond donors (Lipinski definition) is 0. The summed E-state index contributed by atoms with van der Waals surface area (Å²) in [7, 11) is 0. The van der Waals surface area contributed by atoms with Crippen LogP contribution in [-0.2, 0) is 0 Å². The average Bonchev–Trinajstić information content (AvgIpc) is 1.88. The Kier molecular flexibility index (Phi) is 4.46. The van der Waals surface area contributed by atoms with Gasteiger partial charge in [-0.3, -0.25) is 0 Å². The molecule has 0 rings (SSSR count). The lowest BCUT2D eigenvalue weighted by molar-refractivity contribution is 0.194. The predicted molar refractivity (Wildman–Crippen MR) is 39.1 cm³/mol. The fraction of sp³-hybridized carbons (Fsp3) is 0.250. The van der Waals surface area contributed by atoms with E-state index < -0.39 is 6.43 Å². The van der Waals surface area contributed by atoms with Crippen molar-refractivity contribution < 1.29 is 8.78 Å². The zero-order chi connectivity index (χ0) is 7.98. The molecular weight excluding hydrogens is 134 g/mol. The zero-order valence-electron chi connectivity index (χ0n) is 5.85. The van der Waals surface area contributed by atoms with Gasteiger partial charge in [-0.25, -0.2) is 8.78 Å². The van der Waals surface area contributed by atoms with Gasteiger partial charge in [-0.15, -0.1) is 0 Å². The Labute approximate surface area is 59.6 Å². The zero-order valence-corrected chi connectivity index (χ0v) is 5.85. The fourth-order valence-electron chi connectivity index (χ4n) is 0.363. The molecule has 0 aliphatic rings. The smallest absolute Gasteiger partial charge is 0.205 e. The Bertz CT molecular complexity index is 155. The summed E-state index contributed by atoms with van der Waals surface area (Å²) in [5.41, 5.74) is -0.155. The lowest BCUT2D eigenvalue weighted by Gasteiger charge is -1.92. The van der Waals surface area contributed by atoms with E-state index in [-0.39, 0.29) is 5.57 Å². The van der Waals surface area contributed by atoms with Gasteiger partial charge in [-0.1, -0.05) is 30.9 Å². The maximum absolute atomic E-state index is 11.7. The van der Waals surface area contributed by atoms with Gasteiger partial charge in [0.05, 0.1) is 0 Å². The van der Waals surface area contributed by atoms with Crippen LogP contribution in [0, 0.1) is 0 Å². The minimum atomic E-state index is -2.44. The molecule has 0 heterocycles. The first-order chi connectivity index (χ1) is 4.68. The van der Waals surface area contributed by atoms with E-state index in [1.807, 2.05) is 6.92 Å². The Morgan fingerprint density at radius 3 is 2.40 bits per heavy atom. The Hall–Kier alpha value is -0.920. The third-order valence-corrected chi connectivity index (χ3v) is 0.894. The van der Waals surface area contributed by atoms with Crippen LogP contribution in [-0.4, -0.2) is 6.43 Å². The quantitative estimate of drug-likeness (QED) is 0.534. The van der Waals surface area contributed by atoms with E-state index in [4.69, 9.17) is 0 Å². The summed E-state index contributed by atoms with van der Waals surface area (Å²) in [5, 5.41) is 0. The van der Waals surface area contributed by atoms with E-state index >= 15 is 0 Å². The van der Waals surface area contributed by atoms with Crippen molar-refractivity contribution in [2.24, 2.45) is 0 Å². The van der Waals surface area contributed by atoms with E-state index in [0.29, 0.717) is 0 Å².